The third kappa shape index (κ3) is 6.40. The molecule has 0 aromatic heterocycles. The molecule has 1 unspecified atom stereocenters. The summed E-state index contributed by atoms with van der Waals surface area (Å²) in [5, 5.41) is 6.21. The summed E-state index contributed by atoms with van der Waals surface area (Å²) >= 11 is 0. The van der Waals surface area contributed by atoms with Gasteiger partial charge in [0.15, 0.2) is 9.84 Å². The van der Waals surface area contributed by atoms with E-state index in [2.05, 4.69) is 22.5 Å². The fourth-order valence-electron chi connectivity index (χ4n) is 3.12. The van der Waals surface area contributed by atoms with Gasteiger partial charge in [-0.05, 0) is 44.8 Å². The summed E-state index contributed by atoms with van der Waals surface area (Å²) in [6, 6.07) is -0.194. The highest BCUT2D eigenvalue weighted by Crippen LogP contribution is 2.14. The maximum absolute atomic E-state index is 12.1. The number of rotatable bonds is 6. The second kappa shape index (κ2) is 9.05. The molecule has 22 heavy (non-hydrogen) atoms. The Kier molecular flexibility index (Phi) is 8.10. The average Bonchev–Trinajstić information content (AvgIpc) is 2.78. The Bertz CT molecular complexity index is 452. The maximum Gasteiger partial charge on any atom is 0.234 e. The summed E-state index contributed by atoms with van der Waals surface area (Å²) in [6.07, 6.45) is 2.88. The van der Waals surface area contributed by atoms with Crippen LogP contribution in [0.15, 0.2) is 0 Å². The molecule has 0 bridgehead atoms. The molecule has 2 saturated heterocycles. The van der Waals surface area contributed by atoms with Gasteiger partial charge in [0.2, 0.25) is 5.91 Å². The van der Waals surface area contributed by atoms with Gasteiger partial charge in [-0.2, -0.15) is 0 Å². The number of carbonyl (C=O) groups is 1. The molecule has 0 radical (unpaired) electrons. The largest absolute Gasteiger partial charge is 0.351 e. The minimum absolute atomic E-state index is 0. The second-order valence-corrected chi connectivity index (χ2v) is 8.42. The summed E-state index contributed by atoms with van der Waals surface area (Å²) in [5.41, 5.74) is 0. The highest BCUT2D eigenvalue weighted by Gasteiger charge is 2.29. The van der Waals surface area contributed by atoms with Gasteiger partial charge >= 0.3 is 0 Å². The first-order chi connectivity index (χ1) is 9.98. The van der Waals surface area contributed by atoms with Gasteiger partial charge in [-0.1, -0.05) is 6.92 Å². The highest BCUT2D eigenvalue weighted by molar-refractivity contribution is 7.91. The molecule has 2 N–H and O–H groups in total. The molecule has 0 aromatic carbocycles. The van der Waals surface area contributed by atoms with Crippen molar-refractivity contribution in [2.45, 2.75) is 32.2 Å². The molecule has 6 nitrogen and oxygen atoms in total. The fraction of sp³-hybridized carbons (Fsp3) is 0.929. The molecule has 0 saturated carbocycles. The van der Waals surface area contributed by atoms with E-state index >= 15 is 0 Å². The number of nitrogens with one attached hydrogen (secondary N) is 2. The Morgan fingerprint density at radius 2 is 1.95 bits per heavy atom. The Morgan fingerprint density at radius 3 is 2.50 bits per heavy atom. The normalized spacial score (nSPS) is 24.9. The van der Waals surface area contributed by atoms with Crippen LogP contribution in [0, 0.1) is 5.92 Å². The predicted molar refractivity (Wildman–Crippen MR) is 90.2 cm³/mol. The van der Waals surface area contributed by atoms with E-state index in [1.807, 2.05) is 0 Å². The van der Waals surface area contributed by atoms with Crippen molar-refractivity contribution in [2.75, 3.05) is 44.2 Å². The van der Waals surface area contributed by atoms with Crippen molar-refractivity contribution in [3.8, 4) is 0 Å². The zero-order valence-corrected chi connectivity index (χ0v) is 14.8. The van der Waals surface area contributed by atoms with Crippen LogP contribution in [0.5, 0.6) is 0 Å². The van der Waals surface area contributed by atoms with E-state index in [9.17, 15) is 13.2 Å². The van der Waals surface area contributed by atoms with Crippen LogP contribution in [0.25, 0.3) is 0 Å². The Labute approximate surface area is 139 Å². The molecular formula is C14H28ClN3O3S. The van der Waals surface area contributed by atoms with Crippen molar-refractivity contribution >= 4 is 28.2 Å². The van der Waals surface area contributed by atoms with Gasteiger partial charge in [0, 0.05) is 12.6 Å². The van der Waals surface area contributed by atoms with Crippen LogP contribution in [-0.4, -0.2) is 69.5 Å². The zero-order valence-electron chi connectivity index (χ0n) is 13.2. The van der Waals surface area contributed by atoms with Crippen LogP contribution in [0.1, 0.15) is 26.2 Å². The lowest BCUT2D eigenvalue weighted by atomic mass is 9.97. The second-order valence-electron chi connectivity index (χ2n) is 6.19. The summed E-state index contributed by atoms with van der Waals surface area (Å²) in [6.45, 7) is 6.36. The number of nitrogens with zero attached hydrogens (tertiary/aromatic N) is 1. The van der Waals surface area contributed by atoms with Crippen molar-refractivity contribution in [1.82, 2.24) is 15.5 Å². The topological polar surface area (TPSA) is 78.5 Å². The van der Waals surface area contributed by atoms with E-state index in [4.69, 9.17) is 0 Å². The Hall–Kier alpha value is -0.370. The van der Waals surface area contributed by atoms with Crippen LogP contribution in [0.4, 0.5) is 0 Å². The van der Waals surface area contributed by atoms with Gasteiger partial charge in [0.25, 0.3) is 0 Å². The SMILES string of the molecule is CCN(CC(=O)NC1CCS(=O)(=O)C1)CC1CCNCC1.Cl. The molecule has 2 rings (SSSR count). The molecule has 0 aromatic rings. The molecule has 1 amide bonds. The molecule has 0 spiro atoms. The summed E-state index contributed by atoms with van der Waals surface area (Å²) in [4.78, 5) is 14.2. The number of piperidine rings is 1. The number of sulfone groups is 1. The number of amides is 1. The quantitative estimate of drug-likeness (QED) is 0.704. The maximum atomic E-state index is 12.1. The van der Waals surface area contributed by atoms with Gasteiger partial charge in [-0.25, -0.2) is 8.42 Å². The Morgan fingerprint density at radius 1 is 1.27 bits per heavy atom. The molecule has 1 atom stereocenters. The van der Waals surface area contributed by atoms with E-state index in [-0.39, 0.29) is 35.9 Å². The molecule has 130 valence electrons. The van der Waals surface area contributed by atoms with Gasteiger partial charge < -0.3 is 10.6 Å². The molecule has 2 aliphatic rings. The van der Waals surface area contributed by atoms with Gasteiger partial charge in [0.1, 0.15) is 0 Å². The minimum atomic E-state index is -2.93. The van der Waals surface area contributed by atoms with E-state index in [1.54, 1.807) is 0 Å². The molecule has 2 aliphatic heterocycles. The van der Waals surface area contributed by atoms with Crippen LogP contribution in [0.2, 0.25) is 0 Å². The first-order valence-corrected chi connectivity index (χ1v) is 9.73. The number of hydrogen-bond donors (Lipinski definition) is 2. The van der Waals surface area contributed by atoms with Gasteiger partial charge in [0.05, 0.1) is 18.1 Å². The minimum Gasteiger partial charge on any atom is -0.351 e. The van der Waals surface area contributed by atoms with E-state index in [0.717, 1.165) is 26.2 Å². The van der Waals surface area contributed by atoms with E-state index in [1.165, 1.54) is 12.8 Å². The van der Waals surface area contributed by atoms with Crippen molar-refractivity contribution < 1.29 is 13.2 Å². The average molecular weight is 354 g/mol. The summed E-state index contributed by atoms with van der Waals surface area (Å²) < 4.78 is 22.8. The van der Waals surface area contributed by atoms with E-state index < -0.39 is 9.84 Å². The molecule has 2 fully saturated rings. The third-order valence-corrected chi connectivity index (χ3v) is 6.16. The van der Waals surface area contributed by atoms with Crippen LogP contribution in [0.3, 0.4) is 0 Å². The lowest BCUT2D eigenvalue weighted by Crippen LogP contribution is -2.44. The van der Waals surface area contributed by atoms with Crippen molar-refractivity contribution in [3.63, 3.8) is 0 Å². The number of hydrogen-bond acceptors (Lipinski definition) is 5. The van der Waals surface area contributed by atoms with Crippen molar-refractivity contribution in [1.29, 1.82) is 0 Å². The summed E-state index contributed by atoms with van der Waals surface area (Å²) in [5.74, 6) is 0.905. The predicted octanol–water partition coefficient (Wildman–Crippen LogP) is 0.0330. The lowest BCUT2D eigenvalue weighted by Gasteiger charge is -2.29. The number of carbonyl (C=O) groups excluding carboxylic acids is 1. The highest BCUT2D eigenvalue weighted by atomic mass is 35.5. The Balaban J connectivity index is 0.00000242. The summed E-state index contributed by atoms with van der Waals surface area (Å²) in [7, 11) is -2.93. The third-order valence-electron chi connectivity index (χ3n) is 4.39. The van der Waals surface area contributed by atoms with Gasteiger partial charge in [-0.3, -0.25) is 9.69 Å². The van der Waals surface area contributed by atoms with Crippen molar-refractivity contribution in [3.05, 3.63) is 0 Å². The van der Waals surface area contributed by atoms with Crippen LogP contribution in [-0.2, 0) is 14.6 Å². The molecule has 0 aliphatic carbocycles. The number of likely N-dealkylation sites (N-methyl/N-ethyl adjacent to an activating group) is 1. The number of halogens is 1. The monoisotopic (exact) mass is 353 g/mol. The molecule has 2 heterocycles. The lowest BCUT2D eigenvalue weighted by molar-refractivity contribution is -0.122. The molecule has 8 heteroatoms. The first-order valence-electron chi connectivity index (χ1n) is 7.91. The van der Waals surface area contributed by atoms with Crippen molar-refractivity contribution in [2.24, 2.45) is 5.92 Å². The molecular weight excluding hydrogens is 326 g/mol. The first kappa shape index (κ1) is 19.7. The fourth-order valence-corrected chi connectivity index (χ4v) is 4.79. The standard InChI is InChI=1S/C14H27N3O3S.ClH/c1-2-17(9-12-3-6-15-7-4-12)10-14(18)16-13-5-8-21(19,20)11-13;/h12-13,15H,2-11H2,1H3,(H,16,18);1H. The van der Waals surface area contributed by atoms with E-state index in [0.29, 0.717) is 18.9 Å². The smallest absolute Gasteiger partial charge is 0.234 e. The zero-order chi connectivity index (χ0) is 15.3. The van der Waals surface area contributed by atoms with Crippen LogP contribution < -0.4 is 10.6 Å². The van der Waals surface area contributed by atoms with Gasteiger partial charge in [-0.15, -0.1) is 12.4 Å². The van der Waals surface area contributed by atoms with Crippen LogP contribution >= 0.6 is 12.4 Å².